The van der Waals surface area contributed by atoms with E-state index in [1.807, 2.05) is 18.2 Å². The number of halogens is 1. The van der Waals surface area contributed by atoms with Crippen LogP contribution in [0.3, 0.4) is 0 Å². The first-order valence-electron chi connectivity index (χ1n) is 3.98. The van der Waals surface area contributed by atoms with Crippen LogP contribution in [0.5, 0.6) is 5.75 Å². The molecule has 1 atom stereocenters. The van der Waals surface area contributed by atoms with Crippen molar-refractivity contribution in [2.24, 2.45) is 11.5 Å². The molecule has 4 N–H and O–H groups in total. The predicted octanol–water partition coefficient (Wildman–Crippen LogP) is 1.26. The van der Waals surface area contributed by atoms with Crippen LogP contribution in [0, 0.1) is 3.57 Å². The Hall–Kier alpha value is -0.330. The fourth-order valence-electron chi connectivity index (χ4n) is 1.10. The molecule has 0 spiro atoms. The molecule has 0 saturated carbocycles. The van der Waals surface area contributed by atoms with Gasteiger partial charge in [0, 0.05) is 12.6 Å². The van der Waals surface area contributed by atoms with E-state index in [2.05, 4.69) is 22.6 Å². The Balaban J connectivity index is 3.08. The second-order valence-electron chi connectivity index (χ2n) is 2.71. The van der Waals surface area contributed by atoms with E-state index < -0.39 is 0 Å². The van der Waals surface area contributed by atoms with Crippen molar-refractivity contribution < 1.29 is 4.74 Å². The monoisotopic (exact) mass is 292 g/mol. The minimum Gasteiger partial charge on any atom is -0.496 e. The summed E-state index contributed by atoms with van der Waals surface area (Å²) >= 11 is 2.22. The largest absolute Gasteiger partial charge is 0.496 e. The van der Waals surface area contributed by atoms with Crippen molar-refractivity contribution in [3.8, 4) is 5.75 Å². The van der Waals surface area contributed by atoms with Crippen LogP contribution in [0.2, 0.25) is 0 Å². The molecular weight excluding hydrogens is 279 g/mol. The molecule has 4 heteroatoms. The van der Waals surface area contributed by atoms with E-state index in [4.69, 9.17) is 16.2 Å². The van der Waals surface area contributed by atoms with Crippen molar-refractivity contribution in [1.82, 2.24) is 0 Å². The smallest absolute Gasteiger partial charge is 0.132 e. The van der Waals surface area contributed by atoms with Gasteiger partial charge in [-0.2, -0.15) is 0 Å². The number of ether oxygens (including phenoxy) is 1. The topological polar surface area (TPSA) is 61.3 Å². The van der Waals surface area contributed by atoms with Gasteiger partial charge in [0.1, 0.15) is 5.75 Å². The highest BCUT2D eigenvalue weighted by Gasteiger charge is 2.10. The zero-order chi connectivity index (χ0) is 9.84. The molecule has 3 nitrogen and oxygen atoms in total. The fourth-order valence-corrected chi connectivity index (χ4v) is 2.08. The Morgan fingerprint density at radius 2 is 2.23 bits per heavy atom. The molecule has 0 bridgehead atoms. The standard InChI is InChI=1S/C9H13IN2O/c1-13-8-4-2-3-6(9(8)10)7(12)5-11/h2-4,7H,5,11-12H2,1H3/t7-/m0/s1. The number of rotatable bonds is 3. The summed E-state index contributed by atoms with van der Waals surface area (Å²) in [4.78, 5) is 0. The maximum absolute atomic E-state index is 5.83. The van der Waals surface area contributed by atoms with Crippen molar-refractivity contribution >= 4 is 22.6 Å². The van der Waals surface area contributed by atoms with Gasteiger partial charge in [-0.05, 0) is 34.2 Å². The first-order valence-corrected chi connectivity index (χ1v) is 5.06. The third-order valence-electron chi connectivity index (χ3n) is 1.87. The minimum atomic E-state index is -0.109. The van der Waals surface area contributed by atoms with Crippen LogP contribution in [0.1, 0.15) is 11.6 Å². The molecule has 72 valence electrons. The van der Waals surface area contributed by atoms with Crippen molar-refractivity contribution in [2.45, 2.75) is 6.04 Å². The van der Waals surface area contributed by atoms with Crippen molar-refractivity contribution in [3.63, 3.8) is 0 Å². The summed E-state index contributed by atoms with van der Waals surface area (Å²) < 4.78 is 6.22. The van der Waals surface area contributed by atoms with E-state index in [0.29, 0.717) is 6.54 Å². The summed E-state index contributed by atoms with van der Waals surface area (Å²) in [6.07, 6.45) is 0. The zero-order valence-electron chi connectivity index (χ0n) is 7.46. The predicted molar refractivity (Wildman–Crippen MR) is 61.7 cm³/mol. The summed E-state index contributed by atoms with van der Waals surface area (Å²) in [5.74, 6) is 0.849. The molecule has 13 heavy (non-hydrogen) atoms. The maximum Gasteiger partial charge on any atom is 0.132 e. The van der Waals surface area contributed by atoms with Gasteiger partial charge in [0.2, 0.25) is 0 Å². The first-order chi connectivity index (χ1) is 6.20. The van der Waals surface area contributed by atoms with Gasteiger partial charge in [0.15, 0.2) is 0 Å². The summed E-state index contributed by atoms with van der Waals surface area (Å²) in [5.41, 5.74) is 12.4. The van der Waals surface area contributed by atoms with Crippen LogP contribution in [-0.2, 0) is 0 Å². The third-order valence-corrected chi connectivity index (χ3v) is 3.02. The number of benzene rings is 1. The Morgan fingerprint density at radius 3 is 2.77 bits per heavy atom. The lowest BCUT2D eigenvalue weighted by Crippen LogP contribution is -2.21. The highest BCUT2D eigenvalue weighted by molar-refractivity contribution is 14.1. The molecule has 0 aliphatic carbocycles. The maximum atomic E-state index is 5.83. The van der Waals surface area contributed by atoms with E-state index in [9.17, 15) is 0 Å². The van der Waals surface area contributed by atoms with E-state index in [0.717, 1.165) is 14.9 Å². The van der Waals surface area contributed by atoms with Crippen LogP contribution >= 0.6 is 22.6 Å². The van der Waals surface area contributed by atoms with Crippen molar-refractivity contribution in [2.75, 3.05) is 13.7 Å². The number of hydrogen-bond donors (Lipinski definition) is 2. The summed E-state index contributed by atoms with van der Waals surface area (Å²) in [7, 11) is 1.65. The van der Waals surface area contributed by atoms with Crippen molar-refractivity contribution in [3.05, 3.63) is 27.3 Å². The lowest BCUT2D eigenvalue weighted by molar-refractivity contribution is 0.410. The Kier molecular flexibility index (Phi) is 3.95. The molecule has 0 aromatic heterocycles. The number of hydrogen-bond acceptors (Lipinski definition) is 3. The lowest BCUT2D eigenvalue weighted by Gasteiger charge is -2.13. The molecule has 0 aliphatic heterocycles. The minimum absolute atomic E-state index is 0.109. The summed E-state index contributed by atoms with van der Waals surface area (Å²) in [6.45, 7) is 0.448. The molecule has 0 heterocycles. The molecular formula is C9H13IN2O. The Morgan fingerprint density at radius 1 is 1.54 bits per heavy atom. The third kappa shape index (κ3) is 2.32. The van der Waals surface area contributed by atoms with Gasteiger partial charge in [-0.15, -0.1) is 0 Å². The molecule has 0 unspecified atom stereocenters. The normalized spacial score (nSPS) is 12.6. The second kappa shape index (κ2) is 4.78. The molecule has 0 radical (unpaired) electrons. The molecule has 0 aliphatic rings. The van der Waals surface area contributed by atoms with Gasteiger partial charge in [-0.1, -0.05) is 12.1 Å². The highest BCUT2D eigenvalue weighted by Crippen LogP contribution is 2.26. The van der Waals surface area contributed by atoms with E-state index in [-0.39, 0.29) is 6.04 Å². The Labute approximate surface area is 91.6 Å². The van der Waals surface area contributed by atoms with Gasteiger partial charge in [0.25, 0.3) is 0 Å². The van der Waals surface area contributed by atoms with E-state index in [1.54, 1.807) is 7.11 Å². The fraction of sp³-hybridized carbons (Fsp3) is 0.333. The van der Waals surface area contributed by atoms with Gasteiger partial charge in [-0.3, -0.25) is 0 Å². The van der Waals surface area contributed by atoms with Crippen LogP contribution in [0.25, 0.3) is 0 Å². The van der Waals surface area contributed by atoms with E-state index in [1.165, 1.54) is 0 Å². The van der Waals surface area contributed by atoms with Crippen molar-refractivity contribution in [1.29, 1.82) is 0 Å². The van der Waals surface area contributed by atoms with Gasteiger partial charge < -0.3 is 16.2 Å². The lowest BCUT2D eigenvalue weighted by atomic mass is 10.1. The van der Waals surface area contributed by atoms with Crippen LogP contribution in [-0.4, -0.2) is 13.7 Å². The van der Waals surface area contributed by atoms with Gasteiger partial charge in [0.05, 0.1) is 10.7 Å². The second-order valence-corrected chi connectivity index (χ2v) is 3.78. The molecule has 0 saturated heterocycles. The summed E-state index contributed by atoms with van der Waals surface area (Å²) in [5, 5.41) is 0. The summed E-state index contributed by atoms with van der Waals surface area (Å²) in [6, 6.07) is 5.70. The SMILES string of the molecule is COc1cccc([C@@H](N)CN)c1I. The van der Waals surface area contributed by atoms with Crippen LogP contribution in [0.4, 0.5) is 0 Å². The van der Waals surface area contributed by atoms with Gasteiger partial charge in [-0.25, -0.2) is 0 Å². The molecule has 0 fully saturated rings. The van der Waals surface area contributed by atoms with Crippen LogP contribution < -0.4 is 16.2 Å². The molecule has 1 rings (SSSR count). The quantitative estimate of drug-likeness (QED) is 0.824. The average Bonchev–Trinajstić information content (AvgIpc) is 2.17. The number of nitrogens with two attached hydrogens (primary N) is 2. The number of methoxy groups -OCH3 is 1. The highest BCUT2D eigenvalue weighted by atomic mass is 127. The molecule has 1 aromatic rings. The van der Waals surface area contributed by atoms with Crippen LogP contribution in [0.15, 0.2) is 18.2 Å². The average molecular weight is 292 g/mol. The van der Waals surface area contributed by atoms with E-state index >= 15 is 0 Å². The zero-order valence-corrected chi connectivity index (χ0v) is 9.61. The van der Waals surface area contributed by atoms with Gasteiger partial charge >= 0.3 is 0 Å². The molecule has 1 aromatic carbocycles. The Bertz CT molecular complexity index is 291. The first kappa shape index (κ1) is 10.7. The molecule has 0 amide bonds.